The van der Waals surface area contributed by atoms with Crippen molar-refractivity contribution < 1.29 is 4.79 Å². The zero-order valence-electron chi connectivity index (χ0n) is 11.0. The first-order chi connectivity index (χ1) is 9.77. The second kappa shape index (κ2) is 5.98. The van der Waals surface area contributed by atoms with Gasteiger partial charge in [-0.05, 0) is 40.8 Å². The lowest BCUT2D eigenvalue weighted by Gasteiger charge is -2.26. The highest BCUT2D eigenvalue weighted by Crippen LogP contribution is 2.36. The average molecular weight is 306 g/mol. The number of carbonyl (C=O) groups is 1. The molecule has 1 amide bonds. The van der Waals surface area contributed by atoms with Crippen LogP contribution in [0.2, 0.25) is 0 Å². The van der Waals surface area contributed by atoms with E-state index >= 15 is 0 Å². The Balaban J connectivity index is 1.79. The SMILES string of the molecule is O=C(C(Cl)c1ccccc1)N1CCCC1c1ccsc1. The second-order valence-electron chi connectivity index (χ2n) is 5.02. The Hall–Kier alpha value is -1.32. The van der Waals surface area contributed by atoms with Gasteiger partial charge < -0.3 is 4.90 Å². The lowest BCUT2D eigenvalue weighted by molar-refractivity contribution is -0.131. The third-order valence-corrected chi connectivity index (χ3v) is 4.91. The van der Waals surface area contributed by atoms with E-state index in [0.29, 0.717) is 0 Å². The monoisotopic (exact) mass is 305 g/mol. The van der Waals surface area contributed by atoms with Crippen LogP contribution in [0.3, 0.4) is 0 Å². The zero-order valence-corrected chi connectivity index (χ0v) is 12.6. The molecule has 0 saturated carbocycles. The molecule has 2 aromatic rings. The van der Waals surface area contributed by atoms with E-state index < -0.39 is 5.38 Å². The third kappa shape index (κ3) is 2.60. The maximum absolute atomic E-state index is 12.6. The summed E-state index contributed by atoms with van der Waals surface area (Å²) >= 11 is 8.05. The molecule has 0 spiro atoms. The maximum Gasteiger partial charge on any atom is 0.245 e. The molecule has 2 heterocycles. The van der Waals surface area contributed by atoms with Gasteiger partial charge in [0.2, 0.25) is 5.91 Å². The summed E-state index contributed by atoms with van der Waals surface area (Å²) in [4.78, 5) is 14.6. The summed E-state index contributed by atoms with van der Waals surface area (Å²) in [5, 5.41) is 3.60. The number of thiophene rings is 1. The smallest absolute Gasteiger partial charge is 0.245 e. The van der Waals surface area contributed by atoms with Gasteiger partial charge in [-0.2, -0.15) is 11.3 Å². The van der Waals surface area contributed by atoms with Crippen LogP contribution in [0.25, 0.3) is 0 Å². The van der Waals surface area contributed by atoms with Crippen LogP contribution in [0, 0.1) is 0 Å². The molecule has 0 bridgehead atoms. The van der Waals surface area contributed by atoms with E-state index in [-0.39, 0.29) is 11.9 Å². The van der Waals surface area contributed by atoms with E-state index in [9.17, 15) is 4.79 Å². The Bertz CT molecular complexity index is 569. The van der Waals surface area contributed by atoms with Gasteiger partial charge in [0.15, 0.2) is 0 Å². The molecule has 20 heavy (non-hydrogen) atoms. The van der Waals surface area contributed by atoms with Crippen molar-refractivity contribution in [1.82, 2.24) is 4.90 Å². The minimum atomic E-state index is -0.588. The first-order valence-electron chi connectivity index (χ1n) is 6.79. The molecular formula is C16H16ClNOS. The maximum atomic E-state index is 12.6. The Morgan fingerprint density at radius 3 is 2.80 bits per heavy atom. The fraction of sp³-hybridized carbons (Fsp3) is 0.312. The van der Waals surface area contributed by atoms with Crippen LogP contribution in [0.5, 0.6) is 0 Å². The van der Waals surface area contributed by atoms with Gasteiger partial charge in [0, 0.05) is 6.54 Å². The van der Waals surface area contributed by atoms with Crippen molar-refractivity contribution >= 4 is 28.8 Å². The summed E-state index contributed by atoms with van der Waals surface area (Å²) in [5.74, 6) is 0.0200. The largest absolute Gasteiger partial charge is 0.334 e. The molecular weight excluding hydrogens is 290 g/mol. The number of hydrogen-bond acceptors (Lipinski definition) is 2. The Kier molecular flexibility index (Phi) is 4.08. The van der Waals surface area contributed by atoms with Crippen LogP contribution in [0.4, 0.5) is 0 Å². The molecule has 0 N–H and O–H groups in total. The van der Waals surface area contributed by atoms with Gasteiger partial charge in [0.1, 0.15) is 5.38 Å². The fourth-order valence-electron chi connectivity index (χ4n) is 2.75. The van der Waals surface area contributed by atoms with Crippen molar-refractivity contribution in [3.63, 3.8) is 0 Å². The number of alkyl halides is 1. The van der Waals surface area contributed by atoms with E-state index in [2.05, 4.69) is 16.8 Å². The quantitative estimate of drug-likeness (QED) is 0.770. The number of amides is 1. The van der Waals surface area contributed by atoms with E-state index in [1.807, 2.05) is 35.2 Å². The summed E-state index contributed by atoms with van der Waals surface area (Å²) in [6.45, 7) is 0.801. The molecule has 1 aromatic carbocycles. The normalized spacial score (nSPS) is 20.1. The molecule has 0 radical (unpaired) electrons. The third-order valence-electron chi connectivity index (χ3n) is 3.77. The summed E-state index contributed by atoms with van der Waals surface area (Å²) in [6.07, 6.45) is 2.07. The molecule has 2 unspecified atom stereocenters. The van der Waals surface area contributed by atoms with Crippen LogP contribution in [-0.2, 0) is 4.79 Å². The Morgan fingerprint density at radius 2 is 2.10 bits per heavy atom. The molecule has 0 aliphatic carbocycles. The Labute approximate surface area is 128 Å². The second-order valence-corrected chi connectivity index (χ2v) is 6.24. The van der Waals surface area contributed by atoms with Crippen molar-refractivity contribution in [2.75, 3.05) is 6.54 Å². The standard InChI is InChI=1S/C16H16ClNOS/c17-15(12-5-2-1-3-6-12)16(19)18-9-4-7-14(18)13-8-10-20-11-13/h1-3,5-6,8,10-11,14-15H,4,7,9H2. The molecule has 1 fully saturated rings. The first-order valence-corrected chi connectivity index (χ1v) is 8.17. The van der Waals surface area contributed by atoms with Crippen LogP contribution < -0.4 is 0 Å². The minimum Gasteiger partial charge on any atom is -0.334 e. The number of rotatable bonds is 3. The van der Waals surface area contributed by atoms with Crippen LogP contribution in [-0.4, -0.2) is 17.4 Å². The molecule has 4 heteroatoms. The molecule has 1 aliphatic rings. The summed E-state index contributed by atoms with van der Waals surface area (Å²) in [7, 11) is 0. The molecule has 3 rings (SSSR count). The minimum absolute atomic E-state index is 0.0200. The number of benzene rings is 1. The van der Waals surface area contributed by atoms with Crippen LogP contribution >= 0.6 is 22.9 Å². The summed E-state index contributed by atoms with van der Waals surface area (Å²) < 4.78 is 0. The predicted octanol–water partition coefficient (Wildman–Crippen LogP) is 4.39. The topological polar surface area (TPSA) is 20.3 Å². The Morgan fingerprint density at radius 1 is 1.30 bits per heavy atom. The lowest BCUT2D eigenvalue weighted by atomic mass is 10.1. The van der Waals surface area contributed by atoms with Gasteiger partial charge in [-0.25, -0.2) is 0 Å². The first kappa shape index (κ1) is 13.7. The van der Waals surface area contributed by atoms with Gasteiger partial charge in [-0.3, -0.25) is 4.79 Å². The van der Waals surface area contributed by atoms with Crippen molar-refractivity contribution in [2.24, 2.45) is 0 Å². The van der Waals surface area contributed by atoms with Crippen molar-refractivity contribution in [3.05, 3.63) is 58.3 Å². The average Bonchev–Trinajstić information content (AvgIpc) is 3.16. The molecule has 2 atom stereocenters. The van der Waals surface area contributed by atoms with Crippen LogP contribution in [0.15, 0.2) is 47.2 Å². The highest BCUT2D eigenvalue weighted by molar-refractivity contribution is 7.08. The van der Waals surface area contributed by atoms with Gasteiger partial charge in [0.05, 0.1) is 6.04 Å². The van der Waals surface area contributed by atoms with Crippen molar-refractivity contribution in [1.29, 1.82) is 0 Å². The molecule has 1 saturated heterocycles. The van der Waals surface area contributed by atoms with E-state index in [1.54, 1.807) is 11.3 Å². The van der Waals surface area contributed by atoms with E-state index in [4.69, 9.17) is 11.6 Å². The van der Waals surface area contributed by atoms with Crippen molar-refractivity contribution in [2.45, 2.75) is 24.3 Å². The number of hydrogen-bond donors (Lipinski definition) is 0. The summed E-state index contributed by atoms with van der Waals surface area (Å²) in [6, 6.07) is 11.9. The van der Waals surface area contributed by atoms with Crippen molar-refractivity contribution in [3.8, 4) is 0 Å². The predicted molar refractivity (Wildman–Crippen MR) is 83.0 cm³/mol. The summed E-state index contributed by atoms with van der Waals surface area (Å²) in [5.41, 5.74) is 2.10. The molecule has 1 aromatic heterocycles. The van der Waals surface area contributed by atoms with Crippen LogP contribution in [0.1, 0.15) is 35.4 Å². The van der Waals surface area contributed by atoms with E-state index in [1.165, 1.54) is 5.56 Å². The van der Waals surface area contributed by atoms with Gasteiger partial charge in [-0.1, -0.05) is 30.3 Å². The molecule has 2 nitrogen and oxygen atoms in total. The van der Waals surface area contributed by atoms with Gasteiger partial charge in [0.25, 0.3) is 0 Å². The molecule has 104 valence electrons. The number of likely N-dealkylation sites (tertiary alicyclic amines) is 1. The fourth-order valence-corrected chi connectivity index (χ4v) is 3.73. The number of halogens is 1. The zero-order chi connectivity index (χ0) is 13.9. The van der Waals surface area contributed by atoms with Gasteiger partial charge >= 0.3 is 0 Å². The highest BCUT2D eigenvalue weighted by atomic mass is 35.5. The lowest BCUT2D eigenvalue weighted by Crippen LogP contribution is -2.33. The number of carbonyl (C=O) groups excluding carboxylic acids is 1. The van der Waals surface area contributed by atoms with Gasteiger partial charge in [-0.15, -0.1) is 11.6 Å². The number of nitrogens with zero attached hydrogens (tertiary/aromatic N) is 1. The molecule has 1 aliphatic heterocycles. The highest BCUT2D eigenvalue weighted by Gasteiger charge is 2.33. The van der Waals surface area contributed by atoms with E-state index in [0.717, 1.165) is 24.9 Å².